The molecule has 100 valence electrons. The molecule has 0 amide bonds. The second-order valence-corrected chi connectivity index (χ2v) is 2.93. The van der Waals surface area contributed by atoms with E-state index in [1.165, 1.54) is 7.11 Å². The number of hydrazine groups is 1. The van der Waals surface area contributed by atoms with Crippen molar-refractivity contribution >= 4 is 0 Å². The summed E-state index contributed by atoms with van der Waals surface area (Å²) in [5, 5.41) is 11.5. The lowest BCUT2D eigenvalue weighted by Gasteiger charge is -2.20. The topological polar surface area (TPSA) is 118 Å². The molecule has 0 heterocycles. The molecule has 0 aromatic rings. The van der Waals surface area contributed by atoms with Crippen LogP contribution >= 0.6 is 0 Å². The van der Waals surface area contributed by atoms with E-state index >= 15 is 0 Å². The maximum absolute atomic E-state index is 6.50. The van der Waals surface area contributed by atoms with Crippen molar-refractivity contribution in [2.45, 2.75) is 12.8 Å². The molecule has 0 spiro atoms. The van der Waals surface area contributed by atoms with Crippen LogP contribution in [0.4, 0.5) is 0 Å². The number of hydrogen-bond acceptors (Lipinski definition) is 8. The molecule has 0 aliphatic carbocycles. The number of nitrogens with two attached hydrogens (primary N) is 2. The van der Waals surface area contributed by atoms with Crippen molar-refractivity contribution in [3.8, 4) is 0 Å². The van der Waals surface area contributed by atoms with Gasteiger partial charge in [0.2, 0.25) is 0 Å². The Morgan fingerprint density at radius 2 is 1.88 bits per heavy atom. The minimum atomic E-state index is 0.678. The molecule has 8 nitrogen and oxygen atoms in total. The molecule has 0 fully saturated rings. The third-order valence-corrected chi connectivity index (χ3v) is 1.74. The molecule has 0 unspecified atom stereocenters. The quantitative estimate of drug-likeness (QED) is 0.179. The van der Waals surface area contributed by atoms with Gasteiger partial charge in [-0.1, -0.05) is 0 Å². The zero-order valence-electron chi connectivity index (χ0n) is 10.1. The fourth-order valence-electron chi connectivity index (χ4n) is 1.02. The van der Waals surface area contributed by atoms with Crippen LogP contribution in [0.5, 0.6) is 0 Å². The lowest BCUT2D eigenvalue weighted by atomic mass is 10.3. The minimum Gasteiger partial charge on any atom is -0.330 e. The first-order chi connectivity index (χ1) is 7.85. The summed E-state index contributed by atoms with van der Waals surface area (Å²) >= 11 is 0. The highest BCUT2D eigenvalue weighted by atomic mass is 17.3. The predicted molar refractivity (Wildman–Crippen MR) is 61.0 cm³/mol. The fourth-order valence-corrected chi connectivity index (χ4v) is 1.02. The molecule has 0 aromatic heterocycles. The van der Waals surface area contributed by atoms with Gasteiger partial charge in [-0.15, -0.1) is 10.6 Å². The van der Waals surface area contributed by atoms with Gasteiger partial charge in [-0.3, -0.25) is 0 Å². The van der Waals surface area contributed by atoms with Gasteiger partial charge in [0.25, 0.3) is 0 Å². The Morgan fingerprint density at radius 1 is 1.25 bits per heavy atom. The van der Waals surface area contributed by atoms with E-state index in [1.807, 2.05) is 12.1 Å². The first kappa shape index (κ1) is 18.1. The summed E-state index contributed by atoms with van der Waals surface area (Å²) in [6.45, 7) is 3.40. The van der Waals surface area contributed by atoms with Crippen molar-refractivity contribution < 1.29 is 15.1 Å². The largest absolute Gasteiger partial charge is 0.330 e. The molecule has 0 atom stereocenters. The molecule has 0 aliphatic rings. The van der Waals surface area contributed by atoms with E-state index in [-0.39, 0.29) is 0 Å². The SMILES string of the molecule is CNCCCN(CCCN)NOOC.NO. The molecule has 0 aliphatic heterocycles. The average molecular weight is 239 g/mol. The molecule has 0 aromatic carbocycles. The van der Waals surface area contributed by atoms with E-state index in [4.69, 9.17) is 10.9 Å². The summed E-state index contributed by atoms with van der Waals surface area (Å²) in [6, 6.07) is 0. The molecule has 0 saturated heterocycles. The normalized spacial score (nSPS) is 10.1. The van der Waals surface area contributed by atoms with Gasteiger partial charge < -0.3 is 16.3 Å². The lowest BCUT2D eigenvalue weighted by molar-refractivity contribution is -0.353. The number of rotatable bonds is 10. The van der Waals surface area contributed by atoms with Crippen molar-refractivity contribution in [2.75, 3.05) is 40.3 Å². The lowest BCUT2D eigenvalue weighted by Crippen LogP contribution is -2.40. The zero-order chi connectivity index (χ0) is 12.6. The van der Waals surface area contributed by atoms with Crippen molar-refractivity contribution in [3.63, 3.8) is 0 Å². The smallest absolute Gasteiger partial charge is 0.0733 e. The highest BCUT2D eigenvalue weighted by Gasteiger charge is 2.02. The summed E-state index contributed by atoms with van der Waals surface area (Å²) in [4.78, 5) is 9.10. The maximum Gasteiger partial charge on any atom is 0.0733 e. The van der Waals surface area contributed by atoms with Crippen LogP contribution in [0, 0.1) is 0 Å². The van der Waals surface area contributed by atoms with Crippen LogP contribution in [0.3, 0.4) is 0 Å². The number of nitrogens with zero attached hydrogens (tertiary/aromatic N) is 1. The van der Waals surface area contributed by atoms with E-state index in [1.54, 1.807) is 0 Å². The van der Waals surface area contributed by atoms with Gasteiger partial charge in [0.15, 0.2) is 0 Å². The highest BCUT2D eigenvalue weighted by molar-refractivity contribution is 4.51. The van der Waals surface area contributed by atoms with Gasteiger partial charge in [0.05, 0.1) is 7.11 Å². The van der Waals surface area contributed by atoms with E-state index in [2.05, 4.69) is 26.7 Å². The molecular formula is C8H25N5O3. The van der Waals surface area contributed by atoms with Crippen LogP contribution in [-0.2, 0) is 9.88 Å². The van der Waals surface area contributed by atoms with Crippen LogP contribution in [0.1, 0.15) is 12.8 Å². The summed E-state index contributed by atoms with van der Waals surface area (Å²) in [6.07, 6.45) is 1.97. The Morgan fingerprint density at radius 3 is 2.38 bits per heavy atom. The van der Waals surface area contributed by atoms with Crippen LogP contribution in [0.2, 0.25) is 0 Å². The second-order valence-electron chi connectivity index (χ2n) is 2.93. The number of hydrogen-bond donors (Lipinski definition) is 5. The molecule has 0 bridgehead atoms. The predicted octanol–water partition coefficient (Wildman–Crippen LogP) is -1.42. The molecule has 7 N–H and O–H groups in total. The van der Waals surface area contributed by atoms with E-state index in [0.717, 1.165) is 32.5 Å². The third-order valence-electron chi connectivity index (χ3n) is 1.74. The Kier molecular flexibility index (Phi) is 19.3. The van der Waals surface area contributed by atoms with Gasteiger partial charge in [-0.25, -0.2) is 15.8 Å². The Labute approximate surface area is 96.7 Å². The minimum absolute atomic E-state index is 0.678. The van der Waals surface area contributed by atoms with Crippen molar-refractivity contribution in [1.82, 2.24) is 15.9 Å². The first-order valence-corrected chi connectivity index (χ1v) is 5.16. The Balaban J connectivity index is 0. The van der Waals surface area contributed by atoms with E-state index in [9.17, 15) is 0 Å². The second kappa shape index (κ2) is 17.1. The summed E-state index contributed by atoms with van der Waals surface area (Å²) in [5.74, 6) is 3.50. The van der Waals surface area contributed by atoms with Gasteiger partial charge in [-0.05, 0) is 33.0 Å². The van der Waals surface area contributed by atoms with Gasteiger partial charge in [0, 0.05) is 13.1 Å². The number of nitrogens with one attached hydrogen (secondary N) is 2. The standard InChI is InChI=1S/C8H22N4O2.H3NO/c1-10-6-4-8-12(7-3-5-9)11-14-13-2;1-2/h10-11H,3-9H2,1-2H3;2H,1H2. The van der Waals surface area contributed by atoms with Gasteiger partial charge in [-0.2, -0.15) is 0 Å². The first-order valence-electron chi connectivity index (χ1n) is 5.16. The van der Waals surface area contributed by atoms with E-state index in [0.29, 0.717) is 6.54 Å². The monoisotopic (exact) mass is 239 g/mol. The highest BCUT2D eigenvalue weighted by Crippen LogP contribution is 1.89. The zero-order valence-corrected chi connectivity index (χ0v) is 10.1. The molecule has 8 heteroatoms. The maximum atomic E-state index is 6.50. The molecule has 0 saturated carbocycles. The van der Waals surface area contributed by atoms with Gasteiger partial charge in [0.1, 0.15) is 0 Å². The van der Waals surface area contributed by atoms with Crippen LogP contribution < -0.4 is 22.5 Å². The molecule has 0 rings (SSSR count). The average Bonchev–Trinajstić information content (AvgIpc) is 2.34. The molecule has 16 heavy (non-hydrogen) atoms. The van der Waals surface area contributed by atoms with E-state index < -0.39 is 0 Å². The van der Waals surface area contributed by atoms with Crippen LogP contribution in [-0.4, -0.2) is 50.6 Å². The third kappa shape index (κ3) is 13.7. The van der Waals surface area contributed by atoms with Crippen molar-refractivity contribution in [1.29, 1.82) is 0 Å². The summed E-state index contributed by atoms with van der Waals surface area (Å²) in [7, 11) is 3.39. The van der Waals surface area contributed by atoms with Crippen molar-refractivity contribution in [2.24, 2.45) is 11.6 Å². The summed E-state index contributed by atoms with van der Waals surface area (Å²) in [5.41, 5.74) is 8.11. The summed E-state index contributed by atoms with van der Waals surface area (Å²) < 4.78 is 0. The molecule has 0 radical (unpaired) electrons. The Bertz CT molecular complexity index is 112. The Hall–Kier alpha value is -0.320. The molecular weight excluding hydrogens is 214 g/mol. The fraction of sp³-hybridized carbons (Fsp3) is 1.00. The van der Waals surface area contributed by atoms with Crippen LogP contribution in [0.15, 0.2) is 0 Å². The van der Waals surface area contributed by atoms with Crippen molar-refractivity contribution in [3.05, 3.63) is 0 Å². The van der Waals surface area contributed by atoms with Crippen LogP contribution in [0.25, 0.3) is 0 Å². The van der Waals surface area contributed by atoms with Gasteiger partial charge >= 0.3 is 0 Å².